The van der Waals surface area contributed by atoms with Crippen molar-refractivity contribution >= 4 is 0 Å². The van der Waals surface area contributed by atoms with Crippen molar-refractivity contribution in [2.75, 3.05) is 33.4 Å². The standard InChI is InChI=1S/C16H32N2O/c1-3-14-5-7-15(8-6-14)18(2)12-16(11-17)9-4-10-19-13-16/h14-15H,3-13,17H2,1-2H3. The first-order valence-electron chi connectivity index (χ1n) is 8.17. The van der Waals surface area contributed by atoms with Crippen molar-refractivity contribution in [2.45, 2.75) is 57.9 Å². The molecule has 2 aliphatic rings. The minimum absolute atomic E-state index is 0.217. The predicted molar refractivity (Wildman–Crippen MR) is 80.2 cm³/mol. The van der Waals surface area contributed by atoms with Crippen LogP contribution < -0.4 is 5.73 Å². The van der Waals surface area contributed by atoms with Gasteiger partial charge in [0.05, 0.1) is 6.61 Å². The van der Waals surface area contributed by atoms with Crippen LogP contribution >= 0.6 is 0 Å². The highest BCUT2D eigenvalue weighted by Gasteiger charge is 2.35. The summed E-state index contributed by atoms with van der Waals surface area (Å²) in [6, 6.07) is 0.771. The molecule has 2 N–H and O–H groups in total. The molecule has 0 bridgehead atoms. The Bertz CT molecular complexity index is 255. The number of nitrogens with zero attached hydrogens (tertiary/aromatic N) is 1. The molecule has 19 heavy (non-hydrogen) atoms. The van der Waals surface area contributed by atoms with Crippen LogP contribution in [0.3, 0.4) is 0 Å². The number of hydrogen-bond donors (Lipinski definition) is 1. The van der Waals surface area contributed by atoms with Gasteiger partial charge in [0.15, 0.2) is 0 Å². The average Bonchev–Trinajstić information content (AvgIpc) is 2.48. The molecule has 0 spiro atoms. The first-order chi connectivity index (χ1) is 9.19. The van der Waals surface area contributed by atoms with Gasteiger partial charge in [-0.1, -0.05) is 13.3 Å². The molecule has 1 heterocycles. The van der Waals surface area contributed by atoms with E-state index in [-0.39, 0.29) is 5.41 Å². The van der Waals surface area contributed by atoms with Gasteiger partial charge >= 0.3 is 0 Å². The van der Waals surface area contributed by atoms with Crippen molar-refractivity contribution < 1.29 is 4.74 Å². The second kappa shape index (κ2) is 7.05. The summed E-state index contributed by atoms with van der Waals surface area (Å²) in [6.07, 6.45) is 9.34. The highest BCUT2D eigenvalue weighted by atomic mass is 16.5. The Morgan fingerprint density at radius 2 is 2.00 bits per heavy atom. The van der Waals surface area contributed by atoms with E-state index in [4.69, 9.17) is 10.5 Å². The van der Waals surface area contributed by atoms with Gasteiger partial charge in [0.1, 0.15) is 0 Å². The molecule has 1 aliphatic heterocycles. The van der Waals surface area contributed by atoms with Crippen LogP contribution in [-0.4, -0.2) is 44.3 Å². The van der Waals surface area contributed by atoms with Crippen LogP contribution in [0, 0.1) is 11.3 Å². The van der Waals surface area contributed by atoms with Gasteiger partial charge in [0.2, 0.25) is 0 Å². The summed E-state index contributed by atoms with van der Waals surface area (Å²) in [5.41, 5.74) is 6.27. The maximum atomic E-state index is 6.05. The molecule has 1 unspecified atom stereocenters. The maximum absolute atomic E-state index is 6.05. The monoisotopic (exact) mass is 268 g/mol. The molecular weight excluding hydrogens is 236 g/mol. The van der Waals surface area contributed by atoms with E-state index < -0.39 is 0 Å². The summed E-state index contributed by atoms with van der Waals surface area (Å²) in [5.74, 6) is 0.978. The lowest BCUT2D eigenvalue weighted by molar-refractivity contribution is -0.0272. The Morgan fingerprint density at radius 1 is 1.26 bits per heavy atom. The molecular formula is C16H32N2O. The summed E-state index contributed by atoms with van der Waals surface area (Å²) >= 11 is 0. The van der Waals surface area contributed by atoms with Crippen LogP contribution in [0.15, 0.2) is 0 Å². The van der Waals surface area contributed by atoms with Gasteiger partial charge in [-0.3, -0.25) is 0 Å². The maximum Gasteiger partial charge on any atom is 0.0546 e. The van der Waals surface area contributed by atoms with Crippen LogP contribution in [0.1, 0.15) is 51.9 Å². The number of hydrogen-bond acceptors (Lipinski definition) is 3. The van der Waals surface area contributed by atoms with Gasteiger partial charge in [0, 0.05) is 31.2 Å². The zero-order valence-electron chi connectivity index (χ0n) is 12.9. The number of rotatable bonds is 5. The van der Waals surface area contributed by atoms with Crippen molar-refractivity contribution in [3.8, 4) is 0 Å². The van der Waals surface area contributed by atoms with E-state index in [1.54, 1.807) is 0 Å². The predicted octanol–water partition coefficient (Wildman–Crippen LogP) is 2.64. The molecule has 2 rings (SSSR count). The van der Waals surface area contributed by atoms with Crippen LogP contribution in [0.4, 0.5) is 0 Å². The van der Waals surface area contributed by atoms with Crippen molar-refractivity contribution in [2.24, 2.45) is 17.1 Å². The lowest BCUT2D eigenvalue weighted by Crippen LogP contribution is -2.49. The molecule has 0 amide bonds. The van der Waals surface area contributed by atoms with Crippen LogP contribution in [0.25, 0.3) is 0 Å². The SMILES string of the molecule is CCC1CCC(N(C)CC2(CN)CCCOC2)CC1. The largest absolute Gasteiger partial charge is 0.381 e. The second-order valence-electron chi connectivity index (χ2n) is 6.86. The molecule has 0 aromatic carbocycles. The summed E-state index contributed by atoms with van der Waals surface area (Å²) in [7, 11) is 2.29. The lowest BCUT2D eigenvalue weighted by atomic mass is 9.80. The minimum Gasteiger partial charge on any atom is -0.381 e. The van der Waals surface area contributed by atoms with Crippen molar-refractivity contribution in [1.29, 1.82) is 0 Å². The third-order valence-electron chi connectivity index (χ3n) is 5.44. The van der Waals surface area contributed by atoms with Gasteiger partial charge in [-0.15, -0.1) is 0 Å². The summed E-state index contributed by atoms with van der Waals surface area (Å²) in [6.45, 7) is 6.00. The summed E-state index contributed by atoms with van der Waals surface area (Å²) < 4.78 is 5.69. The molecule has 0 radical (unpaired) electrons. The molecule has 1 atom stereocenters. The van der Waals surface area contributed by atoms with Gasteiger partial charge in [-0.25, -0.2) is 0 Å². The van der Waals surface area contributed by atoms with Crippen molar-refractivity contribution in [1.82, 2.24) is 4.90 Å². The van der Waals surface area contributed by atoms with Gasteiger partial charge < -0.3 is 15.4 Å². The van der Waals surface area contributed by atoms with Gasteiger partial charge in [-0.05, 0) is 51.5 Å². The fourth-order valence-corrected chi connectivity index (χ4v) is 3.91. The van der Waals surface area contributed by atoms with E-state index in [1.807, 2.05) is 0 Å². The Balaban J connectivity index is 1.84. The van der Waals surface area contributed by atoms with Crippen molar-refractivity contribution in [3.63, 3.8) is 0 Å². The first kappa shape index (κ1) is 15.3. The fourth-order valence-electron chi connectivity index (χ4n) is 3.91. The number of nitrogens with two attached hydrogens (primary N) is 1. The molecule has 3 heteroatoms. The topological polar surface area (TPSA) is 38.5 Å². The van der Waals surface area contributed by atoms with E-state index in [2.05, 4.69) is 18.9 Å². The molecule has 1 aliphatic carbocycles. The first-order valence-corrected chi connectivity index (χ1v) is 8.17. The zero-order chi connectivity index (χ0) is 13.7. The van der Waals surface area contributed by atoms with Crippen molar-refractivity contribution in [3.05, 3.63) is 0 Å². The Labute approximate surface area is 118 Å². The molecule has 0 aromatic heterocycles. The van der Waals surface area contributed by atoms with Crippen LogP contribution in [-0.2, 0) is 4.74 Å². The number of ether oxygens (including phenoxy) is 1. The third kappa shape index (κ3) is 3.93. The summed E-state index contributed by atoms with van der Waals surface area (Å²) in [4.78, 5) is 2.58. The third-order valence-corrected chi connectivity index (χ3v) is 5.44. The van der Waals surface area contributed by atoms with E-state index in [9.17, 15) is 0 Å². The summed E-state index contributed by atoms with van der Waals surface area (Å²) in [5, 5.41) is 0. The van der Waals surface area contributed by atoms with E-state index in [0.29, 0.717) is 0 Å². The molecule has 0 aromatic rings. The molecule has 1 saturated heterocycles. The van der Waals surface area contributed by atoms with Crippen LogP contribution in [0.2, 0.25) is 0 Å². The van der Waals surface area contributed by atoms with Crippen LogP contribution in [0.5, 0.6) is 0 Å². The van der Waals surface area contributed by atoms with E-state index >= 15 is 0 Å². The normalized spacial score (nSPS) is 36.6. The Hall–Kier alpha value is -0.120. The Morgan fingerprint density at radius 3 is 2.53 bits per heavy atom. The molecule has 2 fully saturated rings. The van der Waals surface area contributed by atoms with E-state index in [1.165, 1.54) is 44.9 Å². The smallest absolute Gasteiger partial charge is 0.0546 e. The highest BCUT2D eigenvalue weighted by molar-refractivity contribution is 4.88. The van der Waals surface area contributed by atoms with E-state index in [0.717, 1.165) is 38.3 Å². The Kier molecular flexibility index (Phi) is 5.67. The van der Waals surface area contributed by atoms with Gasteiger partial charge in [0.25, 0.3) is 0 Å². The highest BCUT2D eigenvalue weighted by Crippen LogP contribution is 2.33. The molecule has 1 saturated carbocycles. The second-order valence-corrected chi connectivity index (χ2v) is 6.86. The molecule has 3 nitrogen and oxygen atoms in total. The van der Waals surface area contributed by atoms with Gasteiger partial charge in [-0.2, -0.15) is 0 Å². The average molecular weight is 268 g/mol. The molecule has 112 valence electrons. The fraction of sp³-hybridized carbons (Fsp3) is 1.00. The zero-order valence-corrected chi connectivity index (χ0v) is 12.9. The quantitative estimate of drug-likeness (QED) is 0.833. The minimum atomic E-state index is 0.217. The lowest BCUT2D eigenvalue weighted by Gasteiger charge is -2.43.